The standard InChI is InChI=1S/C12H18FN3O2/c1-16(2)7-3-6-15-9-5-4-8(13)11(14)10(9)12(17)18/h4-5,15H,3,6-7,14H2,1-2H3,(H,17,18). The molecule has 0 spiro atoms. The van der Waals surface area contributed by atoms with Crippen LogP contribution in [0.1, 0.15) is 16.8 Å². The Bertz CT molecular complexity index is 436. The Morgan fingerprint density at radius 3 is 2.72 bits per heavy atom. The average Bonchev–Trinajstić information content (AvgIpc) is 2.28. The molecule has 0 aliphatic rings. The van der Waals surface area contributed by atoms with Gasteiger partial charge in [-0.1, -0.05) is 0 Å². The van der Waals surface area contributed by atoms with Gasteiger partial charge in [0.25, 0.3) is 0 Å². The minimum absolute atomic E-state index is 0.208. The van der Waals surface area contributed by atoms with E-state index in [1.54, 1.807) is 0 Å². The highest BCUT2D eigenvalue weighted by atomic mass is 19.1. The molecular weight excluding hydrogens is 237 g/mol. The quantitative estimate of drug-likeness (QED) is 0.530. The van der Waals surface area contributed by atoms with Crippen LogP contribution in [0.15, 0.2) is 12.1 Å². The molecule has 0 saturated carbocycles. The third-order valence-electron chi connectivity index (χ3n) is 2.50. The van der Waals surface area contributed by atoms with Crippen LogP contribution >= 0.6 is 0 Å². The van der Waals surface area contributed by atoms with Crippen LogP contribution in [0.25, 0.3) is 0 Å². The lowest BCUT2D eigenvalue weighted by Crippen LogP contribution is -2.17. The van der Waals surface area contributed by atoms with Crippen LogP contribution in [-0.2, 0) is 0 Å². The second-order valence-corrected chi connectivity index (χ2v) is 4.27. The molecule has 0 aromatic heterocycles. The number of nitrogen functional groups attached to an aromatic ring is 1. The topological polar surface area (TPSA) is 78.6 Å². The van der Waals surface area contributed by atoms with Gasteiger partial charge < -0.3 is 21.1 Å². The van der Waals surface area contributed by atoms with E-state index in [9.17, 15) is 9.18 Å². The Balaban J connectivity index is 2.76. The second kappa shape index (κ2) is 6.20. The smallest absolute Gasteiger partial charge is 0.340 e. The molecule has 4 N–H and O–H groups in total. The van der Waals surface area contributed by atoms with Gasteiger partial charge in [-0.05, 0) is 39.2 Å². The van der Waals surface area contributed by atoms with Gasteiger partial charge in [-0.2, -0.15) is 0 Å². The van der Waals surface area contributed by atoms with E-state index in [0.717, 1.165) is 19.0 Å². The molecule has 1 aromatic carbocycles. The molecule has 0 aliphatic heterocycles. The van der Waals surface area contributed by atoms with Crippen molar-refractivity contribution in [2.24, 2.45) is 0 Å². The van der Waals surface area contributed by atoms with Gasteiger partial charge >= 0.3 is 5.97 Å². The van der Waals surface area contributed by atoms with Gasteiger partial charge in [-0.3, -0.25) is 0 Å². The maximum absolute atomic E-state index is 13.2. The van der Waals surface area contributed by atoms with Crippen molar-refractivity contribution in [2.45, 2.75) is 6.42 Å². The molecule has 0 bridgehead atoms. The SMILES string of the molecule is CN(C)CCCNc1ccc(F)c(N)c1C(=O)O. The molecule has 0 unspecified atom stereocenters. The predicted molar refractivity (Wildman–Crippen MR) is 69.4 cm³/mol. The van der Waals surface area contributed by atoms with E-state index in [-0.39, 0.29) is 11.3 Å². The van der Waals surface area contributed by atoms with Crippen molar-refractivity contribution in [2.75, 3.05) is 38.2 Å². The molecule has 18 heavy (non-hydrogen) atoms. The van der Waals surface area contributed by atoms with Crippen molar-refractivity contribution in [3.63, 3.8) is 0 Å². The maximum Gasteiger partial charge on any atom is 0.340 e. The third-order valence-corrected chi connectivity index (χ3v) is 2.50. The van der Waals surface area contributed by atoms with Gasteiger partial charge in [-0.25, -0.2) is 9.18 Å². The average molecular weight is 255 g/mol. The molecule has 0 heterocycles. The van der Waals surface area contributed by atoms with Gasteiger partial charge in [-0.15, -0.1) is 0 Å². The molecule has 0 fully saturated rings. The lowest BCUT2D eigenvalue weighted by Gasteiger charge is -2.13. The van der Waals surface area contributed by atoms with Crippen LogP contribution in [0, 0.1) is 5.82 Å². The number of hydrogen-bond donors (Lipinski definition) is 3. The first-order chi connectivity index (χ1) is 8.43. The summed E-state index contributed by atoms with van der Waals surface area (Å²) in [5.74, 6) is -1.95. The Morgan fingerprint density at radius 1 is 1.50 bits per heavy atom. The first-order valence-corrected chi connectivity index (χ1v) is 5.63. The summed E-state index contributed by atoms with van der Waals surface area (Å²) in [4.78, 5) is 13.1. The highest BCUT2D eigenvalue weighted by Gasteiger charge is 2.16. The normalized spacial score (nSPS) is 10.7. The number of carboxylic acid groups (broad SMARTS) is 1. The summed E-state index contributed by atoms with van der Waals surface area (Å²) in [6.07, 6.45) is 0.851. The third kappa shape index (κ3) is 3.59. The monoisotopic (exact) mass is 255 g/mol. The first-order valence-electron chi connectivity index (χ1n) is 5.63. The molecule has 0 atom stereocenters. The zero-order valence-electron chi connectivity index (χ0n) is 10.5. The fourth-order valence-electron chi connectivity index (χ4n) is 1.59. The van der Waals surface area contributed by atoms with Crippen molar-refractivity contribution in [3.8, 4) is 0 Å². The molecule has 5 nitrogen and oxygen atoms in total. The predicted octanol–water partition coefficient (Wildman–Crippen LogP) is 1.47. The van der Waals surface area contributed by atoms with E-state index in [4.69, 9.17) is 10.8 Å². The van der Waals surface area contributed by atoms with Crippen molar-refractivity contribution < 1.29 is 14.3 Å². The van der Waals surface area contributed by atoms with Gasteiger partial charge in [0.2, 0.25) is 0 Å². The maximum atomic E-state index is 13.2. The number of anilines is 2. The molecule has 100 valence electrons. The summed E-state index contributed by atoms with van der Waals surface area (Å²) < 4.78 is 13.2. The number of rotatable bonds is 6. The molecular formula is C12H18FN3O2. The number of benzene rings is 1. The minimum Gasteiger partial charge on any atom is -0.478 e. The van der Waals surface area contributed by atoms with E-state index in [1.165, 1.54) is 6.07 Å². The van der Waals surface area contributed by atoms with Crippen LogP contribution in [0.4, 0.5) is 15.8 Å². The van der Waals surface area contributed by atoms with Gasteiger partial charge in [0, 0.05) is 6.54 Å². The fourth-order valence-corrected chi connectivity index (χ4v) is 1.59. The minimum atomic E-state index is -1.23. The molecule has 6 heteroatoms. The molecule has 0 radical (unpaired) electrons. The summed E-state index contributed by atoms with van der Waals surface area (Å²) in [5, 5.41) is 12.0. The Hall–Kier alpha value is -1.82. The molecule has 0 amide bonds. The number of nitrogens with one attached hydrogen (secondary N) is 1. The Kier molecular flexibility index (Phi) is 4.91. The number of nitrogens with two attached hydrogens (primary N) is 1. The van der Waals surface area contributed by atoms with Crippen molar-refractivity contribution in [1.82, 2.24) is 4.90 Å². The number of hydrogen-bond acceptors (Lipinski definition) is 4. The van der Waals surface area contributed by atoms with Gasteiger partial charge in [0.05, 0.1) is 11.4 Å². The van der Waals surface area contributed by atoms with Crippen LogP contribution in [0.5, 0.6) is 0 Å². The lowest BCUT2D eigenvalue weighted by molar-refractivity contribution is 0.0698. The lowest BCUT2D eigenvalue weighted by atomic mass is 10.1. The van der Waals surface area contributed by atoms with E-state index in [0.29, 0.717) is 12.2 Å². The van der Waals surface area contributed by atoms with Crippen molar-refractivity contribution in [1.29, 1.82) is 0 Å². The number of carbonyl (C=O) groups is 1. The molecule has 1 rings (SSSR count). The van der Waals surface area contributed by atoms with E-state index >= 15 is 0 Å². The first kappa shape index (κ1) is 14.2. The summed E-state index contributed by atoms with van der Waals surface area (Å²) >= 11 is 0. The van der Waals surface area contributed by atoms with Crippen molar-refractivity contribution >= 4 is 17.3 Å². The number of carboxylic acids is 1. The molecule has 0 aliphatic carbocycles. The van der Waals surface area contributed by atoms with Crippen LogP contribution < -0.4 is 11.1 Å². The second-order valence-electron chi connectivity index (χ2n) is 4.27. The highest BCUT2D eigenvalue weighted by molar-refractivity contribution is 6.00. The van der Waals surface area contributed by atoms with Crippen molar-refractivity contribution in [3.05, 3.63) is 23.5 Å². The summed E-state index contributed by atoms with van der Waals surface area (Å²) in [7, 11) is 3.91. The largest absolute Gasteiger partial charge is 0.478 e. The van der Waals surface area contributed by atoms with Gasteiger partial charge in [0.1, 0.15) is 11.4 Å². The van der Waals surface area contributed by atoms with Gasteiger partial charge in [0.15, 0.2) is 0 Å². The molecule has 0 saturated heterocycles. The number of aromatic carboxylic acids is 1. The Labute approximate surface area is 105 Å². The van der Waals surface area contributed by atoms with Crippen LogP contribution in [0.2, 0.25) is 0 Å². The zero-order chi connectivity index (χ0) is 13.7. The van der Waals surface area contributed by atoms with Crippen LogP contribution in [0.3, 0.4) is 0 Å². The molecule has 1 aromatic rings. The summed E-state index contributed by atoms with van der Waals surface area (Å²) in [5.41, 5.74) is 5.24. The number of nitrogens with zero attached hydrogens (tertiary/aromatic N) is 1. The van der Waals surface area contributed by atoms with E-state index < -0.39 is 11.8 Å². The summed E-state index contributed by atoms with van der Waals surface area (Å²) in [6.45, 7) is 1.48. The van der Waals surface area contributed by atoms with E-state index in [2.05, 4.69) is 5.32 Å². The fraction of sp³-hybridized carbons (Fsp3) is 0.417. The zero-order valence-corrected chi connectivity index (χ0v) is 10.5. The number of halogens is 1. The van der Waals surface area contributed by atoms with Crippen LogP contribution in [-0.4, -0.2) is 43.2 Å². The highest BCUT2D eigenvalue weighted by Crippen LogP contribution is 2.25. The Morgan fingerprint density at radius 2 is 2.17 bits per heavy atom. The summed E-state index contributed by atoms with van der Waals surface area (Å²) in [6, 6.07) is 2.56. The van der Waals surface area contributed by atoms with E-state index in [1.807, 2.05) is 19.0 Å².